The van der Waals surface area contributed by atoms with Crippen molar-refractivity contribution in [1.82, 2.24) is 58.5 Å². The van der Waals surface area contributed by atoms with Gasteiger partial charge in [0.05, 0.1) is 21.7 Å². The minimum absolute atomic E-state index is 0.0783. The first-order valence-electron chi connectivity index (χ1n) is 27.6. The van der Waals surface area contributed by atoms with Gasteiger partial charge in [-0.1, -0.05) is 59.6 Å². The predicted octanol–water partition coefficient (Wildman–Crippen LogP) is 13.7. The molecule has 3 amide bonds. The minimum atomic E-state index is -4.62. The fourth-order valence-electron chi connectivity index (χ4n) is 11.5. The Morgan fingerprint density at radius 2 is 0.828 bits per heavy atom. The van der Waals surface area contributed by atoms with E-state index in [2.05, 4.69) is 30.6 Å². The first-order chi connectivity index (χ1) is 41.2. The number of nitrogens with zero attached hydrogens (tertiary/aromatic N) is 12. The van der Waals surface area contributed by atoms with E-state index in [0.717, 1.165) is 28.8 Å². The molecule has 0 spiro atoms. The van der Waals surface area contributed by atoms with E-state index in [4.69, 9.17) is 23.2 Å². The van der Waals surface area contributed by atoms with E-state index < -0.39 is 47.0 Å². The second-order valence-corrected chi connectivity index (χ2v) is 22.6. The Balaban J connectivity index is 0.000000144. The summed E-state index contributed by atoms with van der Waals surface area (Å²) >= 11 is 11.8. The van der Waals surface area contributed by atoms with Crippen LogP contribution >= 0.6 is 23.2 Å². The molecule has 0 unspecified atom stereocenters. The van der Waals surface area contributed by atoms with Crippen LogP contribution in [-0.4, -0.2) is 115 Å². The second kappa shape index (κ2) is 24.9. The average Bonchev–Trinajstić information content (AvgIpc) is 2.31. The third-order valence-corrected chi connectivity index (χ3v) is 16.4. The summed E-state index contributed by atoms with van der Waals surface area (Å²) in [4.78, 5) is 43.5. The Hall–Kier alpha value is -8.19. The van der Waals surface area contributed by atoms with Crippen molar-refractivity contribution in [2.24, 2.45) is 0 Å². The first kappa shape index (κ1) is 61.9. The number of alkyl halides is 9. The van der Waals surface area contributed by atoms with E-state index in [1.807, 2.05) is 39.0 Å². The first-order valence-corrected chi connectivity index (χ1v) is 28.4. The molecule has 3 saturated heterocycles. The van der Waals surface area contributed by atoms with E-state index in [1.54, 1.807) is 64.7 Å². The van der Waals surface area contributed by atoms with Crippen LogP contribution in [0.4, 0.5) is 43.9 Å². The van der Waals surface area contributed by atoms with Crippen molar-refractivity contribution in [2.45, 2.75) is 95.6 Å². The summed E-state index contributed by atoms with van der Waals surface area (Å²) in [6, 6.07) is 21.7. The summed E-state index contributed by atoms with van der Waals surface area (Å²) in [6.45, 7) is 7.65. The van der Waals surface area contributed by atoms with Gasteiger partial charge < -0.3 is 14.7 Å². The number of hydrogen-bond acceptors (Lipinski definition) is 9. The van der Waals surface area contributed by atoms with Gasteiger partial charge in [0, 0.05) is 62.9 Å². The maximum atomic E-state index is 13.5. The number of carbonyl (C=O) groups is 3. The van der Waals surface area contributed by atoms with E-state index in [1.165, 1.54) is 36.4 Å². The Morgan fingerprint density at radius 1 is 0.437 bits per heavy atom. The number of rotatable bonds is 6. The molecule has 0 radical (unpaired) electrons. The van der Waals surface area contributed by atoms with E-state index in [9.17, 15) is 58.3 Å². The number of hydrogen-bond donors (Lipinski definition) is 0. The Kier molecular flexibility index (Phi) is 17.7. The molecule has 0 saturated carbocycles. The molecule has 0 aliphatic carbocycles. The molecule has 3 aromatic carbocycles. The van der Waals surface area contributed by atoms with Crippen molar-refractivity contribution in [3.05, 3.63) is 193 Å². The third kappa shape index (κ3) is 13.5. The molecule has 0 N–H and O–H groups in total. The SMILES string of the molecule is Cc1ccc2nnc(C(=O)N3CCC(c4cc(Cl)ccc4C(F)(F)F)CC3)n2c1.Cc1ccc2nnc(C(=O)N3CCC(c4ccc(F)cc4C(F)(F)F)CC3)n2c1.Cc1ccc2nnc(C(=O)N3CCC(c4cccc(Cl)c4C(F)(F)F)CC3)n2c1. The number of aromatic nitrogens is 9. The number of carbonyl (C=O) groups excluding carboxylic acids is 3. The molecule has 12 rings (SSSR count). The van der Waals surface area contributed by atoms with Gasteiger partial charge in [-0.3, -0.25) is 27.6 Å². The van der Waals surface area contributed by atoms with Crippen LogP contribution in [0.2, 0.25) is 10.0 Å². The number of likely N-dealkylation sites (tertiary alicyclic amines) is 3. The standard InChI is InChI=1S/2C20H18ClF3N4O.C20H18F4N4O/c1-12-2-5-17-25-26-18(28(17)11-12)19(29)27-8-6-13(7-9-27)15-10-14(21)3-4-16(15)20(22,23)24;1-12-5-6-16-25-26-18(28(16)11-12)19(29)27-9-7-13(8-10-27)14-3-2-4-15(21)17(14)20(22,23)24;1-12-2-5-17-25-26-18(28(17)11-12)19(29)27-8-6-13(7-9-27)15-4-3-14(21)10-16(15)20(22,23)24/h2-5,10-11,13H,6-9H2,1H3;2-6,11,13H,7-10H2,1H3;2-5,10-11,13H,6-9H2,1H3. The lowest BCUT2D eigenvalue weighted by Gasteiger charge is -2.33. The van der Waals surface area contributed by atoms with Gasteiger partial charge >= 0.3 is 18.5 Å². The van der Waals surface area contributed by atoms with Crippen molar-refractivity contribution >= 4 is 57.9 Å². The quantitative estimate of drug-likeness (QED) is 0.148. The monoisotopic (exact) mass is 1250 g/mol. The second-order valence-electron chi connectivity index (χ2n) is 21.7. The Bertz CT molecular complexity index is 3920. The largest absolute Gasteiger partial charge is 0.418 e. The summed E-state index contributed by atoms with van der Waals surface area (Å²) < 4.78 is 139. The molecule has 9 aromatic rings. The van der Waals surface area contributed by atoms with Crippen LogP contribution in [-0.2, 0) is 18.5 Å². The van der Waals surface area contributed by atoms with Gasteiger partial charge in [0.25, 0.3) is 17.7 Å². The van der Waals surface area contributed by atoms with Gasteiger partial charge in [-0.05, 0) is 165 Å². The lowest BCUT2D eigenvalue weighted by molar-refractivity contribution is -0.139. The van der Waals surface area contributed by atoms with Crippen molar-refractivity contribution in [2.75, 3.05) is 39.3 Å². The molecule has 0 atom stereocenters. The highest BCUT2D eigenvalue weighted by atomic mass is 35.5. The van der Waals surface area contributed by atoms with Crippen molar-refractivity contribution in [3.8, 4) is 0 Å². The summed E-state index contributed by atoms with van der Waals surface area (Å²) in [7, 11) is 0. The normalized spacial score (nSPS) is 15.8. The highest BCUT2D eigenvalue weighted by molar-refractivity contribution is 6.31. The van der Waals surface area contributed by atoms with Crippen LogP contribution in [0, 0.1) is 26.6 Å². The molecule has 3 aliphatic rings. The fourth-order valence-corrected chi connectivity index (χ4v) is 11.9. The molecule has 87 heavy (non-hydrogen) atoms. The summed E-state index contributed by atoms with van der Waals surface area (Å²) in [5.41, 5.74) is 2.66. The van der Waals surface area contributed by atoms with Crippen LogP contribution in [0.5, 0.6) is 0 Å². The number of pyridine rings is 3. The van der Waals surface area contributed by atoms with Crippen LogP contribution < -0.4 is 0 Å². The lowest BCUT2D eigenvalue weighted by atomic mass is 9.86. The third-order valence-electron chi connectivity index (χ3n) is 15.9. The van der Waals surface area contributed by atoms with E-state index >= 15 is 0 Å². The Morgan fingerprint density at radius 3 is 1.22 bits per heavy atom. The summed E-state index contributed by atoms with van der Waals surface area (Å²) in [5, 5.41) is 24.0. The van der Waals surface area contributed by atoms with Crippen LogP contribution in [0.1, 0.15) is 138 Å². The molecule has 15 nitrogen and oxygen atoms in total. The zero-order valence-corrected chi connectivity index (χ0v) is 48.2. The van der Waals surface area contributed by atoms with Gasteiger partial charge in [-0.15, -0.1) is 30.6 Å². The number of aryl methyl sites for hydroxylation is 3. The molecular formula is C60H54Cl2F10N12O3. The van der Waals surface area contributed by atoms with Crippen LogP contribution in [0.3, 0.4) is 0 Å². The van der Waals surface area contributed by atoms with Gasteiger partial charge in [0.2, 0.25) is 17.5 Å². The fraction of sp³-hybridized carbons (Fsp3) is 0.350. The maximum absolute atomic E-state index is 13.5. The molecule has 456 valence electrons. The smallest absolute Gasteiger partial charge is 0.336 e. The molecule has 9 heterocycles. The number of piperidine rings is 3. The molecule has 3 aliphatic heterocycles. The molecule has 27 heteroatoms. The van der Waals surface area contributed by atoms with Crippen LogP contribution in [0.25, 0.3) is 16.9 Å². The van der Waals surface area contributed by atoms with Crippen molar-refractivity contribution in [1.29, 1.82) is 0 Å². The number of fused-ring (bicyclic) bond motifs is 3. The van der Waals surface area contributed by atoms with E-state index in [0.29, 0.717) is 101 Å². The lowest BCUT2D eigenvalue weighted by Crippen LogP contribution is -2.39. The van der Waals surface area contributed by atoms with Crippen molar-refractivity contribution in [3.63, 3.8) is 0 Å². The average molecular weight is 1250 g/mol. The van der Waals surface area contributed by atoms with Gasteiger partial charge in [0.15, 0.2) is 16.9 Å². The van der Waals surface area contributed by atoms with Crippen molar-refractivity contribution < 1.29 is 58.3 Å². The highest BCUT2D eigenvalue weighted by Gasteiger charge is 2.41. The van der Waals surface area contributed by atoms with Gasteiger partial charge in [-0.25, -0.2) is 4.39 Å². The molecule has 0 bridgehead atoms. The molecule has 6 aromatic heterocycles. The maximum Gasteiger partial charge on any atom is 0.418 e. The number of amides is 3. The predicted molar refractivity (Wildman–Crippen MR) is 301 cm³/mol. The minimum Gasteiger partial charge on any atom is -0.336 e. The zero-order chi connectivity index (χ0) is 62.3. The summed E-state index contributed by atoms with van der Waals surface area (Å²) in [5.74, 6) is -2.19. The van der Waals surface area contributed by atoms with E-state index in [-0.39, 0.29) is 73.8 Å². The highest BCUT2D eigenvalue weighted by Crippen LogP contribution is 2.44. The Labute approximate surface area is 500 Å². The summed E-state index contributed by atoms with van der Waals surface area (Å²) in [6.07, 6.45) is -5.83. The van der Waals surface area contributed by atoms with Gasteiger partial charge in [0.1, 0.15) is 5.82 Å². The zero-order valence-electron chi connectivity index (χ0n) is 46.7. The molecule has 3 fully saturated rings. The molecular weight excluding hydrogens is 1200 g/mol. The van der Waals surface area contributed by atoms with Gasteiger partial charge in [-0.2, -0.15) is 39.5 Å². The number of benzene rings is 3. The number of halogens is 12. The topological polar surface area (TPSA) is 152 Å². The van der Waals surface area contributed by atoms with Crippen LogP contribution in [0.15, 0.2) is 110 Å².